The van der Waals surface area contributed by atoms with Gasteiger partial charge in [-0.1, -0.05) is 6.08 Å². The van der Waals surface area contributed by atoms with Crippen molar-refractivity contribution in [3.05, 3.63) is 40.7 Å². The Morgan fingerprint density at radius 3 is 2.95 bits per heavy atom. The topological polar surface area (TPSA) is 57.0 Å². The lowest BCUT2D eigenvalue weighted by atomic mass is 10.2. The lowest BCUT2D eigenvalue weighted by molar-refractivity contribution is 0.0528. The van der Waals surface area contributed by atoms with E-state index < -0.39 is 0 Å². The number of carbonyl (C=O) groups is 1. The van der Waals surface area contributed by atoms with E-state index >= 15 is 0 Å². The minimum atomic E-state index is -0.367. The second-order valence-electron chi connectivity index (χ2n) is 3.96. The third kappa shape index (κ3) is 1.98. The number of nitrogens with zero attached hydrogens (tertiary/aromatic N) is 3. The van der Waals surface area contributed by atoms with Gasteiger partial charge in [0, 0.05) is 0 Å². The molecule has 2 heterocycles. The zero-order chi connectivity index (χ0) is 13.4. The molecule has 0 aliphatic heterocycles. The van der Waals surface area contributed by atoms with Gasteiger partial charge < -0.3 is 4.74 Å². The predicted molar refractivity (Wildman–Crippen MR) is 74.6 cm³/mol. The van der Waals surface area contributed by atoms with Gasteiger partial charge in [0.1, 0.15) is 4.60 Å². The van der Waals surface area contributed by atoms with E-state index in [0.29, 0.717) is 27.8 Å². The molecule has 1 aliphatic rings. The molecule has 1 aliphatic carbocycles. The molecule has 0 aromatic carbocycles. The molecule has 0 N–H and O–H groups in total. The molecule has 0 saturated carbocycles. The fourth-order valence-electron chi connectivity index (χ4n) is 1.86. The number of halogens is 1. The molecule has 2 aromatic rings. The fraction of sp³-hybridized carbons (Fsp3) is 0.154. The van der Waals surface area contributed by atoms with Gasteiger partial charge in [-0.15, -0.1) is 0 Å². The predicted octanol–water partition coefficient (Wildman–Crippen LogP) is 2.78. The second-order valence-corrected chi connectivity index (χ2v) is 4.77. The van der Waals surface area contributed by atoms with Crippen molar-refractivity contribution < 1.29 is 9.53 Å². The number of rotatable bonds is 3. The number of allylic oxidation sites excluding steroid dienone is 4. The Labute approximate surface area is 117 Å². The summed E-state index contributed by atoms with van der Waals surface area (Å²) in [6.07, 6.45) is 7.42. The summed E-state index contributed by atoms with van der Waals surface area (Å²) in [6.45, 7) is 2.11. The number of hydrogen-bond acceptors (Lipinski definition) is 4. The van der Waals surface area contributed by atoms with Crippen LogP contribution in [0.25, 0.3) is 16.7 Å². The van der Waals surface area contributed by atoms with Crippen LogP contribution < -0.4 is 0 Å². The van der Waals surface area contributed by atoms with Gasteiger partial charge in [-0.25, -0.2) is 14.5 Å². The molecule has 0 amide bonds. The Morgan fingerprint density at radius 1 is 1.53 bits per heavy atom. The van der Waals surface area contributed by atoms with Crippen LogP contribution >= 0.6 is 15.9 Å². The van der Waals surface area contributed by atoms with E-state index in [2.05, 4.69) is 26.0 Å². The van der Waals surface area contributed by atoms with Crippen molar-refractivity contribution >= 4 is 38.6 Å². The average Bonchev–Trinajstić information content (AvgIpc) is 2.70. The Balaban J connectivity index is 2.18. The van der Waals surface area contributed by atoms with E-state index in [1.54, 1.807) is 23.9 Å². The molecule has 0 unspecified atom stereocenters. The molecule has 0 radical (unpaired) electrons. The largest absolute Gasteiger partial charge is 0.462 e. The number of hydrogen-bond donors (Lipinski definition) is 0. The van der Waals surface area contributed by atoms with Crippen LogP contribution in [0, 0.1) is 0 Å². The molecule has 19 heavy (non-hydrogen) atoms. The Morgan fingerprint density at radius 2 is 2.32 bits per heavy atom. The van der Waals surface area contributed by atoms with Gasteiger partial charge in [0.2, 0.25) is 0 Å². The molecule has 0 spiro atoms. The van der Waals surface area contributed by atoms with Crippen molar-refractivity contribution in [3.63, 3.8) is 0 Å². The van der Waals surface area contributed by atoms with E-state index in [-0.39, 0.29) is 5.97 Å². The van der Waals surface area contributed by atoms with Crippen LogP contribution in [0.15, 0.2) is 35.1 Å². The third-order valence-electron chi connectivity index (χ3n) is 2.78. The first kappa shape index (κ1) is 12.1. The van der Waals surface area contributed by atoms with Crippen LogP contribution in [0.1, 0.15) is 17.3 Å². The summed E-state index contributed by atoms with van der Waals surface area (Å²) in [5, 5.41) is 4.95. The summed E-state index contributed by atoms with van der Waals surface area (Å²) in [7, 11) is 0. The second kappa shape index (κ2) is 4.62. The molecule has 0 saturated heterocycles. The molecule has 96 valence electrons. The van der Waals surface area contributed by atoms with Crippen LogP contribution in [-0.4, -0.2) is 27.3 Å². The van der Waals surface area contributed by atoms with E-state index in [0.717, 1.165) is 5.70 Å². The highest BCUT2D eigenvalue weighted by atomic mass is 79.9. The maximum atomic E-state index is 11.9. The van der Waals surface area contributed by atoms with E-state index in [1.807, 2.05) is 18.2 Å². The van der Waals surface area contributed by atoms with Gasteiger partial charge in [-0.2, -0.15) is 5.10 Å². The summed E-state index contributed by atoms with van der Waals surface area (Å²) in [5.41, 5.74) is 2.04. The third-order valence-corrected chi connectivity index (χ3v) is 3.19. The number of aromatic nitrogens is 3. The average molecular weight is 320 g/mol. The van der Waals surface area contributed by atoms with Crippen LogP contribution in [-0.2, 0) is 4.74 Å². The van der Waals surface area contributed by atoms with Gasteiger partial charge in [0.05, 0.1) is 29.5 Å². The minimum Gasteiger partial charge on any atom is -0.462 e. The summed E-state index contributed by atoms with van der Waals surface area (Å²) >= 11 is 3.31. The minimum absolute atomic E-state index is 0.336. The van der Waals surface area contributed by atoms with Crippen molar-refractivity contribution in [3.8, 4) is 0 Å². The van der Waals surface area contributed by atoms with Crippen molar-refractivity contribution in [2.75, 3.05) is 6.61 Å². The standard InChI is InChI=1S/C13H10BrN3O2/c1-2-19-13(18)9-6-11(14)16-12-10(9)7-15-17(12)8-4-3-5-8/h3-7H,2H2,1H3. The van der Waals surface area contributed by atoms with E-state index in [4.69, 9.17) is 4.74 Å². The van der Waals surface area contributed by atoms with Crippen LogP contribution in [0.3, 0.4) is 0 Å². The first-order valence-corrected chi connectivity index (χ1v) is 6.60. The Hall–Kier alpha value is -1.95. The molecule has 0 atom stereocenters. The zero-order valence-corrected chi connectivity index (χ0v) is 11.7. The molecule has 2 aromatic heterocycles. The highest BCUT2D eigenvalue weighted by Crippen LogP contribution is 2.25. The smallest absolute Gasteiger partial charge is 0.339 e. The van der Waals surface area contributed by atoms with Gasteiger partial charge in [-0.05, 0) is 41.1 Å². The molecule has 5 nitrogen and oxygen atoms in total. The highest BCUT2D eigenvalue weighted by Gasteiger charge is 2.18. The van der Waals surface area contributed by atoms with Crippen molar-refractivity contribution in [2.45, 2.75) is 6.92 Å². The molecule has 3 rings (SSSR count). The number of esters is 1. The van der Waals surface area contributed by atoms with Crippen molar-refractivity contribution in [2.24, 2.45) is 0 Å². The SMILES string of the molecule is CCOC(=O)c1cc(Br)nc2c1cnn2C1=CC=C1. The number of ether oxygens (including phenoxy) is 1. The Kier molecular flexibility index (Phi) is 2.94. The molecular formula is C13H10BrN3O2. The summed E-state index contributed by atoms with van der Waals surface area (Å²) in [5.74, 6) is -0.367. The molecule has 0 fully saturated rings. The summed E-state index contributed by atoms with van der Waals surface area (Å²) < 4.78 is 7.32. The molecular weight excluding hydrogens is 310 g/mol. The molecule has 6 heteroatoms. The normalized spacial score (nSPS) is 13.3. The van der Waals surface area contributed by atoms with Crippen molar-refractivity contribution in [1.29, 1.82) is 0 Å². The number of pyridine rings is 1. The number of fused-ring (bicyclic) bond motifs is 1. The van der Waals surface area contributed by atoms with Gasteiger partial charge in [0.25, 0.3) is 0 Å². The first-order chi connectivity index (χ1) is 9.20. The maximum Gasteiger partial charge on any atom is 0.339 e. The Bertz CT molecular complexity index is 731. The van der Waals surface area contributed by atoms with Crippen LogP contribution in [0.2, 0.25) is 0 Å². The highest BCUT2D eigenvalue weighted by molar-refractivity contribution is 9.10. The van der Waals surface area contributed by atoms with Gasteiger partial charge in [0.15, 0.2) is 5.65 Å². The monoisotopic (exact) mass is 319 g/mol. The number of carbonyl (C=O) groups excluding carboxylic acids is 1. The summed E-state index contributed by atoms with van der Waals surface area (Å²) in [6, 6.07) is 1.65. The first-order valence-electron chi connectivity index (χ1n) is 5.81. The van der Waals surface area contributed by atoms with Gasteiger partial charge >= 0.3 is 5.97 Å². The maximum absolute atomic E-state index is 11.9. The molecule has 0 bridgehead atoms. The van der Waals surface area contributed by atoms with Crippen LogP contribution in [0.4, 0.5) is 0 Å². The summed E-state index contributed by atoms with van der Waals surface area (Å²) in [4.78, 5) is 16.3. The quantitative estimate of drug-likeness (QED) is 0.644. The zero-order valence-electron chi connectivity index (χ0n) is 10.1. The van der Waals surface area contributed by atoms with Gasteiger partial charge in [-0.3, -0.25) is 0 Å². The lowest BCUT2D eigenvalue weighted by Crippen LogP contribution is -2.07. The van der Waals surface area contributed by atoms with Crippen LogP contribution in [0.5, 0.6) is 0 Å². The lowest BCUT2D eigenvalue weighted by Gasteiger charge is -2.09. The van der Waals surface area contributed by atoms with E-state index in [1.165, 1.54) is 0 Å². The van der Waals surface area contributed by atoms with E-state index in [9.17, 15) is 4.79 Å². The fourth-order valence-corrected chi connectivity index (χ4v) is 2.26. The van der Waals surface area contributed by atoms with Crippen molar-refractivity contribution in [1.82, 2.24) is 14.8 Å².